The van der Waals surface area contributed by atoms with E-state index in [0.717, 1.165) is 78.0 Å². The Labute approximate surface area is 379 Å². The predicted molar refractivity (Wildman–Crippen MR) is 265 cm³/mol. The van der Waals surface area contributed by atoms with Gasteiger partial charge in [0.25, 0.3) is 0 Å². The van der Waals surface area contributed by atoms with Crippen LogP contribution >= 0.6 is 0 Å². The van der Waals surface area contributed by atoms with E-state index in [1.165, 1.54) is 0 Å². The van der Waals surface area contributed by atoms with Crippen molar-refractivity contribution < 1.29 is 4.79 Å². The Balaban J connectivity index is 1.05. The van der Waals surface area contributed by atoms with Gasteiger partial charge >= 0.3 is 0 Å². The van der Waals surface area contributed by atoms with Gasteiger partial charge in [0.15, 0.2) is 11.6 Å². The number of amidine groups is 1. The summed E-state index contributed by atoms with van der Waals surface area (Å²) in [6, 6.07) is 74.0. The largest absolute Gasteiger partial charge is 0.336 e. The van der Waals surface area contributed by atoms with Crippen molar-refractivity contribution in [2.45, 2.75) is 13.3 Å². The third kappa shape index (κ3) is 9.01. The highest BCUT2D eigenvalue weighted by Crippen LogP contribution is 2.30. The highest BCUT2D eigenvalue weighted by Gasteiger charge is 2.25. The number of aliphatic imine (C=N–C) groups is 1. The Bertz CT molecular complexity index is 3100. The Morgan fingerprint density at radius 2 is 0.708 bits per heavy atom. The van der Waals surface area contributed by atoms with Crippen LogP contribution in [-0.2, 0) is 0 Å². The maximum atomic E-state index is 15.1. The number of Topliss-reactive ketones (excluding diaryl/α,β-unsaturated/α-hetero) is 1. The lowest BCUT2D eigenvalue weighted by molar-refractivity contribution is 0.101. The number of carbonyl (C=O) groups excluding carboxylic acids is 1. The number of ketones is 1. The second-order valence-corrected chi connectivity index (χ2v) is 15.9. The van der Waals surface area contributed by atoms with Crippen LogP contribution < -0.4 is 5.32 Å². The van der Waals surface area contributed by atoms with E-state index in [-0.39, 0.29) is 11.6 Å². The molecule has 0 fully saturated rings. The van der Waals surface area contributed by atoms with E-state index < -0.39 is 0 Å². The molecule has 0 unspecified atom stereocenters. The van der Waals surface area contributed by atoms with Crippen molar-refractivity contribution in [3.63, 3.8) is 0 Å². The molecule has 6 heteroatoms. The van der Waals surface area contributed by atoms with Gasteiger partial charge in [-0.2, -0.15) is 0 Å². The molecule has 0 aliphatic carbocycles. The smallest absolute Gasteiger partial charge is 0.246 e. The van der Waals surface area contributed by atoms with Crippen molar-refractivity contribution in [3.8, 4) is 67.3 Å². The summed E-state index contributed by atoms with van der Waals surface area (Å²) in [6.07, 6.45) is 2.56. The molecule has 1 N–H and O–H groups in total. The minimum absolute atomic E-state index is 0.0335. The van der Waals surface area contributed by atoms with Crippen LogP contribution in [0.2, 0.25) is 0 Å². The Hall–Kier alpha value is -8.61. The maximum absolute atomic E-state index is 15.1. The van der Waals surface area contributed by atoms with E-state index in [0.29, 0.717) is 29.6 Å². The summed E-state index contributed by atoms with van der Waals surface area (Å²) in [5.41, 5.74) is 14.1. The summed E-state index contributed by atoms with van der Waals surface area (Å²) in [6.45, 7) is 1.97. The van der Waals surface area contributed by atoms with Crippen molar-refractivity contribution in [2.24, 2.45) is 4.99 Å². The van der Waals surface area contributed by atoms with Crippen LogP contribution in [0, 0.1) is 0 Å². The summed E-state index contributed by atoms with van der Waals surface area (Å²) in [4.78, 5) is 35.2. The molecule has 10 rings (SSSR count). The third-order valence-corrected chi connectivity index (χ3v) is 11.6. The normalized spacial score (nSPS) is 13.4. The van der Waals surface area contributed by atoms with E-state index in [1.54, 1.807) is 0 Å². The average Bonchev–Trinajstić information content (AvgIpc) is 3.39. The first kappa shape index (κ1) is 40.5. The number of nitrogens with one attached hydrogen (secondary N) is 1. The van der Waals surface area contributed by atoms with Crippen molar-refractivity contribution in [3.05, 3.63) is 253 Å². The zero-order valence-corrected chi connectivity index (χ0v) is 35.8. The van der Waals surface area contributed by atoms with Crippen LogP contribution in [0.1, 0.15) is 35.1 Å². The molecule has 0 spiro atoms. The summed E-state index contributed by atoms with van der Waals surface area (Å²) >= 11 is 0. The lowest BCUT2D eigenvalue weighted by Gasteiger charge is -2.19. The fourth-order valence-electron chi connectivity index (χ4n) is 7.99. The molecule has 8 aromatic carbocycles. The molecular weight excluding hydrogens is 795 g/mol. The molecule has 1 aliphatic rings. The summed E-state index contributed by atoms with van der Waals surface area (Å²) < 4.78 is 0. The molecule has 1 aliphatic heterocycles. The molecule has 0 atom stereocenters. The summed E-state index contributed by atoms with van der Waals surface area (Å²) in [7, 11) is 0. The zero-order valence-electron chi connectivity index (χ0n) is 35.8. The standard InChI is InChI=1S/C59H43N5O/c1-40-22-39-53(49-31-23-45(24-32-49)41-14-6-2-7-15-41)60-56(50-33-25-46(26-34-50)42-16-8-3-9-17-42)61-54(40)55(65)59-63-57(51-35-27-47(28-36-51)43-18-10-4-11-19-43)62-58(64-59)52-37-29-48(30-38-52)44-20-12-5-13-21-44/h2-21,23-39H,22H2,1H3,(H,60,61)/b53-39+,54-40?. The number of nitrogens with zero attached hydrogens (tertiary/aromatic N) is 4. The van der Waals surface area contributed by atoms with Gasteiger partial charge in [-0.15, -0.1) is 0 Å². The number of carbonyl (C=O) groups is 1. The van der Waals surface area contributed by atoms with Gasteiger partial charge in [0.2, 0.25) is 11.6 Å². The third-order valence-electron chi connectivity index (χ3n) is 11.6. The van der Waals surface area contributed by atoms with Gasteiger partial charge in [0, 0.05) is 16.7 Å². The van der Waals surface area contributed by atoms with Crippen molar-refractivity contribution in [1.82, 2.24) is 20.3 Å². The van der Waals surface area contributed by atoms with E-state index in [2.05, 4.69) is 121 Å². The number of hydrogen-bond acceptors (Lipinski definition) is 6. The van der Waals surface area contributed by atoms with Gasteiger partial charge in [0.05, 0.1) is 11.4 Å². The quantitative estimate of drug-likeness (QED) is 0.139. The van der Waals surface area contributed by atoms with Crippen LogP contribution in [0.25, 0.3) is 73.0 Å². The average molecular weight is 838 g/mol. The van der Waals surface area contributed by atoms with Gasteiger partial charge in [0.1, 0.15) is 5.84 Å². The molecule has 0 radical (unpaired) electrons. The summed E-state index contributed by atoms with van der Waals surface area (Å²) in [5.74, 6) is 1.02. The lowest BCUT2D eigenvalue weighted by Crippen LogP contribution is -2.31. The fourth-order valence-corrected chi connectivity index (χ4v) is 7.99. The van der Waals surface area contributed by atoms with Crippen molar-refractivity contribution in [1.29, 1.82) is 0 Å². The van der Waals surface area contributed by atoms with Crippen LogP contribution in [-0.4, -0.2) is 26.6 Å². The van der Waals surface area contributed by atoms with Crippen molar-refractivity contribution in [2.75, 3.05) is 0 Å². The monoisotopic (exact) mass is 837 g/mol. The van der Waals surface area contributed by atoms with Gasteiger partial charge < -0.3 is 5.32 Å². The SMILES string of the molecule is CC1=C(C(=O)c2nc(-c3ccc(-c4ccccc4)cc3)nc(-c3ccc(-c4ccccc4)cc3)n2)NC(c2ccc(-c3ccccc3)cc2)=N/C(c2ccc(-c3ccccc3)cc2)=C/C1. The summed E-state index contributed by atoms with van der Waals surface area (Å²) in [5, 5.41) is 3.53. The second-order valence-electron chi connectivity index (χ2n) is 15.9. The Morgan fingerprint density at radius 3 is 1.09 bits per heavy atom. The molecule has 0 saturated heterocycles. The first-order valence-electron chi connectivity index (χ1n) is 21.7. The number of rotatable bonds is 10. The molecule has 9 aromatic rings. The van der Waals surface area contributed by atoms with Crippen LogP contribution in [0.4, 0.5) is 0 Å². The van der Waals surface area contributed by atoms with E-state index in [9.17, 15) is 0 Å². The molecule has 6 nitrogen and oxygen atoms in total. The number of allylic oxidation sites excluding steroid dienone is 3. The van der Waals surface area contributed by atoms with E-state index in [4.69, 9.17) is 19.9 Å². The van der Waals surface area contributed by atoms with E-state index >= 15 is 4.79 Å². The predicted octanol–water partition coefficient (Wildman–Crippen LogP) is 13.8. The lowest BCUT2D eigenvalue weighted by atomic mass is 10.00. The second kappa shape index (κ2) is 18.4. The van der Waals surface area contributed by atoms with Crippen molar-refractivity contribution >= 4 is 17.3 Å². The van der Waals surface area contributed by atoms with Gasteiger partial charge in [-0.25, -0.2) is 19.9 Å². The zero-order chi connectivity index (χ0) is 44.0. The highest BCUT2D eigenvalue weighted by atomic mass is 16.1. The van der Waals surface area contributed by atoms with Crippen LogP contribution in [0.5, 0.6) is 0 Å². The van der Waals surface area contributed by atoms with E-state index in [1.807, 2.05) is 116 Å². The fraction of sp³-hybridized carbons (Fsp3) is 0.0339. The number of hydrogen-bond donors (Lipinski definition) is 1. The number of aromatic nitrogens is 3. The topological polar surface area (TPSA) is 80.1 Å². The van der Waals surface area contributed by atoms with Gasteiger partial charge in [-0.3, -0.25) is 4.79 Å². The maximum Gasteiger partial charge on any atom is 0.246 e. The molecule has 0 amide bonds. The molecule has 65 heavy (non-hydrogen) atoms. The molecule has 1 aromatic heterocycles. The molecule has 2 heterocycles. The van der Waals surface area contributed by atoms with Gasteiger partial charge in [-0.1, -0.05) is 224 Å². The number of benzene rings is 8. The van der Waals surface area contributed by atoms with Crippen LogP contribution in [0.15, 0.2) is 241 Å². The van der Waals surface area contributed by atoms with Gasteiger partial charge in [-0.05, 0) is 69.0 Å². The van der Waals surface area contributed by atoms with Crippen LogP contribution in [0.3, 0.4) is 0 Å². The first-order chi connectivity index (χ1) is 32.0. The molecule has 310 valence electrons. The minimum Gasteiger partial charge on any atom is -0.336 e. The highest BCUT2D eigenvalue weighted by molar-refractivity contribution is 6.13. The molecule has 0 bridgehead atoms. The minimum atomic E-state index is -0.355. The Kier molecular flexibility index (Phi) is 11.4. The molecular formula is C59H43N5O. The first-order valence-corrected chi connectivity index (χ1v) is 21.7. The molecule has 0 saturated carbocycles. The Morgan fingerprint density at radius 1 is 0.385 bits per heavy atom.